The zero-order valence-electron chi connectivity index (χ0n) is 30.0. The lowest BCUT2D eigenvalue weighted by molar-refractivity contribution is -0.139. The van der Waals surface area contributed by atoms with Crippen molar-refractivity contribution >= 4 is 65.1 Å². The number of carbonyl (C=O) groups excluding carboxylic acids is 3. The Morgan fingerprint density at radius 2 is 1.76 bits per heavy atom. The number of benzene rings is 1. The van der Waals surface area contributed by atoms with Gasteiger partial charge in [-0.3, -0.25) is 19.5 Å². The molecule has 2 saturated heterocycles. The Kier molecular flexibility index (Phi) is 9.71. The molecule has 2 atom stereocenters. The molecule has 0 saturated carbocycles. The first-order chi connectivity index (χ1) is 22.9. The highest BCUT2D eigenvalue weighted by atomic mass is 35.5. The molecule has 9 nitrogen and oxygen atoms in total. The van der Waals surface area contributed by atoms with E-state index < -0.39 is 13.9 Å². The highest BCUT2D eigenvalue weighted by molar-refractivity contribution is 7.19. The van der Waals surface area contributed by atoms with Gasteiger partial charge >= 0.3 is 6.09 Å². The zero-order valence-corrected chi connectivity index (χ0v) is 32.6. The fourth-order valence-electron chi connectivity index (χ4n) is 6.88. The van der Waals surface area contributed by atoms with Crippen LogP contribution in [-0.4, -0.2) is 78.4 Å². The Bertz CT molecular complexity index is 1760. The maximum absolute atomic E-state index is 13.7. The number of ether oxygens (including phenoxy) is 1. The first kappa shape index (κ1) is 35.8. The lowest BCUT2D eigenvalue weighted by Gasteiger charge is -2.38. The fourth-order valence-corrected chi connectivity index (χ4v) is 9.29. The summed E-state index contributed by atoms with van der Waals surface area (Å²) >= 11 is 8.38. The molecule has 3 aromatic rings. The van der Waals surface area contributed by atoms with Gasteiger partial charge in [0.25, 0.3) is 0 Å². The molecule has 0 bridgehead atoms. The molecule has 0 spiro atoms. The molecule has 5 heterocycles. The summed E-state index contributed by atoms with van der Waals surface area (Å²) in [5.74, 6) is -0.250. The molecule has 3 aliphatic rings. The molecule has 0 N–H and O–H groups in total. The number of nitrogens with zero attached hydrogens (tertiary/aromatic N) is 4. The van der Waals surface area contributed by atoms with Crippen molar-refractivity contribution in [2.24, 2.45) is 0 Å². The third-order valence-electron chi connectivity index (χ3n) is 10.4. The molecule has 0 aliphatic carbocycles. The number of amides is 3. The van der Waals surface area contributed by atoms with Crippen LogP contribution in [-0.2, 0) is 31.7 Å². The van der Waals surface area contributed by atoms with Gasteiger partial charge in [0.05, 0.1) is 29.4 Å². The van der Waals surface area contributed by atoms with E-state index in [-0.39, 0.29) is 54.4 Å². The van der Waals surface area contributed by atoms with Gasteiger partial charge in [-0.2, -0.15) is 0 Å². The number of rotatable bonds is 7. The topological polar surface area (TPSA) is 92.3 Å². The number of fused-ring (bicyclic) bond motifs is 2. The summed E-state index contributed by atoms with van der Waals surface area (Å²) in [5, 5.41) is 0.728. The Balaban J connectivity index is 1.36. The largest absolute Gasteiger partial charge is 0.444 e. The predicted molar refractivity (Wildman–Crippen MR) is 199 cm³/mol. The Morgan fingerprint density at radius 3 is 2.43 bits per heavy atom. The van der Waals surface area contributed by atoms with Crippen molar-refractivity contribution in [1.82, 2.24) is 14.8 Å². The fraction of sp³-hybridized carbons (Fsp3) is 0.568. The van der Waals surface area contributed by atoms with Crippen molar-refractivity contribution in [2.45, 2.75) is 116 Å². The van der Waals surface area contributed by atoms with Crippen molar-refractivity contribution in [1.29, 1.82) is 0 Å². The van der Waals surface area contributed by atoms with Crippen molar-refractivity contribution in [3.8, 4) is 11.1 Å². The normalized spacial score (nSPS) is 20.5. The quantitative estimate of drug-likeness (QED) is 0.179. The number of halogens is 1. The Labute approximate surface area is 300 Å². The summed E-state index contributed by atoms with van der Waals surface area (Å²) in [6, 6.07) is 8.08. The third-order valence-corrected chi connectivity index (χ3v) is 16.3. The molecule has 2 aromatic heterocycles. The summed E-state index contributed by atoms with van der Waals surface area (Å²) in [6.07, 6.45) is 4.71. The number of aromatic nitrogens is 1. The van der Waals surface area contributed by atoms with E-state index in [0.717, 1.165) is 57.7 Å². The van der Waals surface area contributed by atoms with Gasteiger partial charge in [-0.15, -0.1) is 11.3 Å². The second-order valence-corrected chi connectivity index (χ2v) is 22.5. The number of aryl methyl sites for hydroxylation is 1. The molecule has 0 radical (unpaired) electrons. The first-order valence-corrected chi connectivity index (χ1v) is 21.5. The lowest BCUT2D eigenvalue weighted by atomic mass is 9.92. The summed E-state index contributed by atoms with van der Waals surface area (Å²) in [6.45, 7) is 19.1. The molecular weight excluding hydrogens is 676 g/mol. The minimum absolute atomic E-state index is 0.0544. The van der Waals surface area contributed by atoms with E-state index in [4.69, 9.17) is 20.8 Å². The highest BCUT2D eigenvalue weighted by Gasteiger charge is 2.44. The number of hydrogen-bond donors (Lipinski definition) is 0. The van der Waals surface area contributed by atoms with E-state index in [1.807, 2.05) is 50.1 Å². The molecule has 3 amide bonds. The van der Waals surface area contributed by atoms with Crippen molar-refractivity contribution in [3.05, 3.63) is 45.9 Å². The van der Waals surface area contributed by atoms with Gasteiger partial charge in [0.15, 0.2) is 8.32 Å². The molecule has 49 heavy (non-hydrogen) atoms. The monoisotopic (exact) mass is 724 g/mol. The van der Waals surface area contributed by atoms with Crippen LogP contribution in [0, 0.1) is 0 Å². The molecule has 6 rings (SSSR count). The number of pyridine rings is 1. The van der Waals surface area contributed by atoms with E-state index >= 15 is 0 Å². The van der Waals surface area contributed by atoms with E-state index in [2.05, 4.69) is 49.8 Å². The summed E-state index contributed by atoms with van der Waals surface area (Å²) in [5.41, 5.74) is 4.60. The standard InChI is InChI=1S/C37H49ClN4O5SSi/c1-36(2,3)47-35(45)41-20-25(18-26(41)22-46-49(7,8)37(4,5)6)40-15-9-10-23-16-24(38)17-29(33(23)40)28-13-14-39-30-19-27(48-34(28)30)21-42-31(43)11-12-32(42)44/h13-14,16-17,19,25-26H,9-12,15,18,20-22H2,1-8H3/t25-,26-/m1/s1. The van der Waals surface area contributed by atoms with Gasteiger partial charge in [-0.1, -0.05) is 32.4 Å². The molecule has 2 fully saturated rings. The summed E-state index contributed by atoms with van der Waals surface area (Å²) < 4.78 is 13.6. The lowest BCUT2D eigenvalue weighted by Crippen LogP contribution is -2.47. The Hall–Kier alpha value is -2.99. The highest BCUT2D eigenvalue weighted by Crippen LogP contribution is 2.46. The molecule has 1 aromatic carbocycles. The maximum atomic E-state index is 13.7. The number of thiophene rings is 1. The van der Waals surface area contributed by atoms with Gasteiger partial charge in [-0.25, -0.2) is 4.79 Å². The molecular formula is C37H49ClN4O5SSi. The van der Waals surface area contributed by atoms with Crippen molar-refractivity contribution < 1.29 is 23.5 Å². The number of imide groups is 1. The van der Waals surface area contributed by atoms with Gasteiger partial charge in [0, 0.05) is 64.9 Å². The second-order valence-electron chi connectivity index (χ2n) is 16.2. The number of likely N-dealkylation sites (tertiary alicyclic amines) is 2. The van der Waals surface area contributed by atoms with E-state index in [9.17, 15) is 14.4 Å². The molecule has 12 heteroatoms. The van der Waals surface area contributed by atoms with Crippen LogP contribution in [0.1, 0.15) is 77.7 Å². The smallest absolute Gasteiger partial charge is 0.410 e. The molecule has 0 unspecified atom stereocenters. The van der Waals surface area contributed by atoms with Crippen LogP contribution in [0.2, 0.25) is 23.2 Å². The zero-order chi connectivity index (χ0) is 35.5. The maximum Gasteiger partial charge on any atom is 0.410 e. The number of anilines is 1. The second kappa shape index (κ2) is 13.3. The van der Waals surface area contributed by atoms with Crippen LogP contribution in [0.5, 0.6) is 0 Å². The van der Waals surface area contributed by atoms with E-state index in [1.165, 1.54) is 10.5 Å². The SMILES string of the molecule is CC(C)(C)OC(=O)N1C[C@H](N2CCCc3cc(Cl)cc(-c4ccnc5cc(CN6C(=O)CCC6=O)sc45)c32)C[C@@H]1CO[Si](C)(C)C(C)(C)C. The van der Waals surface area contributed by atoms with Crippen LogP contribution >= 0.6 is 22.9 Å². The minimum Gasteiger partial charge on any atom is -0.444 e. The van der Waals surface area contributed by atoms with E-state index in [1.54, 1.807) is 11.3 Å². The van der Waals surface area contributed by atoms with Gasteiger partial charge in [0.2, 0.25) is 11.8 Å². The predicted octanol–water partition coefficient (Wildman–Crippen LogP) is 8.42. The van der Waals surface area contributed by atoms with E-state index in [0.29, 0.717) is 18.2 Å². The minimum atomic E-state index is -2.06. The molecule has 3 aliphatic heterocycles. The average Bonchev–Trinajstić information content (AvgIpc) is 3.71. The van der Waals surface area contributed by atoms with Gasteiger partial charge in [-0.05, 0) is 88.0 Å². The average molecular weight is 725 g/mol. The van der Waals surface area contributed by atoms with Crippen molar-refractivity contribution in [2.75, 3.05) is 24.6 Å². The van der Waals surface area contributed by atoms with Gasteiger partial charge in [0.1, 0.15) is 5.60 Å². The van der Waals surface area contributed by atoms with Crippen molar-refractivity contribution in [3.63, 3.8) is 0 Å². The van der Waals surface area contributed by atoms with Crippen LogP contribution in [0.15, 0.2) is 30.5 Å². The number of carbonyl (C=O) groups is 3. The van der Waals surface area contributed by atoms with Gasteiger partial charge < -0.3 is 19.0 Å². The van der Waals surface area contributed by atoms with Crippen LogP contribution in [0.25, 0.3) is 21.3 Å². The first-order valence-electron chi connectivity index (χ1n) is 17.4. The van der Waals surface area contributed by atoms with Crippen LogP contribution in [0.4, 0.5) is 10.5 Å². The number of hydrogen-bond acceptors (Lipinski definition) is 8. The van der Waals surface area contributed by atoms with Crippen LogP contribution in [0.3, 0.4) is 0 Å². The molecule has 264 valence electrons. The van der Waals surface area contributed by atoms with Crippen LogP contribution < -0.4 is 4.90 Å². The summed E-state index contributed by atoms with van der Waals surface area (Å²) in [7, 11) is -2.06. The third kappa shape index (κ3) is 7.41. The summed E-state index contributed by atoms with van der Waals surface area (Å²) in [4.78, 5) is 49.8. The Morgan fingerprint density at radius 1 is 1.04 bits per heavy atom.